The van der Waals surface area contributed by atoms with Crippen LogP contribution in [0.5, 0.6) is 5.75 Å². The number of carbonyl (C=O) groups is 1. The Kier molecular flexibility index (Phi) is 3.95. The average molecular weight is 265 g/mol. The lowest BCUT2D eigenvalue weighted by Crippen LogP contribution is -2.48. The third-order valence-electron chi connectivity index (χ3n) is 3.35. The van der Waals surface area contributed by atoms with Crippen molar-refractivity contribution in [2.75, 3.05) is 25.2 Å². The van der Waals surface area contributed by atoms with Gasteiger partial charge in [0, 0.05) is 18.7 Å². The molecule has 1 fully saturated rings. The highest BCUT2D eigenvalue weighted by Gasteiger charge is 2.27. The first-order chi connectivity index (χ1) is 9.02. The number of hydrogen-bond acceptors (Lipinski definition) is 4. The van der Waals surface area contributed by atoms with Crippen molar-refractivity contribution >= 4 is 11.7 Å². The number of nitrogens with zero attached hydrogens (tertiary/aromatic N) is 1. The van der Waals surface area contributed by atoms with Gasteiger partial charge in [-0.2, -0.15) is 0 Å². The second-order valence-electron chi connectivity index (χ2n) is 4.83. The molecule has 0 radical (unpaired) electrons. The number of carboxylic acid groups (broad SMARTS) is 1. The van der Waals surface area contributed by atoms with E-state index in [1.54, 1.807) is 25.3 Å². The van der Waals surface area contributed by atoms with Crippen LogP contribution in [0.3, 0.4) is 0 Å². The van der Waals surface area contributed by atoms with Crippen molar-refractivity contribution in [2.45, 2.75) is 26.0 Å². The molecule has 0 amide bonds. The Morgan fingerprint density at radius 3 is 2.84 bits per heavy atom. The fourth-order valence-corrected chi connectivity index (χ4v) is 2.30. The second-order valence-corrected chi connectivity index (χ2v) is 4.83. The molecule has 0 aliphatic carbocycles. The molecule has 104 valence electrons. The lowest BCUT2D eigenvalue weighted by molar-refractivity contribution is 0.0341. The summed E-state index contributed by atoms with van der Waals surface area (Å²) in [7, 11) is 1.57. The number of aromatic carboxylic acids is 1. The number of hydrogen-bond donors (Lipinski definition) is 1. The van der Waals surface area contributed by atoms with Gasteiger partial charge in [0.2, 0.25) is 0 Å². The van der Waals surface area contributed by atoms with E-state index in [0.717, 1.165) is 0 Å². The number of morpholine rings is 1. The third kappa shape index (κ3) is 2.81. The molecule has 5 heteroatoms. The number of methoxy groups -OCH3 is 1. The normalized spacial score (nSPS) is 23.2. The molecule has 2 unspecified atom stereocenters. The van der Waals surface area contributed by atoms with Crippen LogP contribution in [0, 0.1) is 0 Å². The Bertz CT molecular complexity index is 475. The van der Waals surface area contributed by atoms with Crippen LogP contribution < -0.4 is 9.64 Å². The van der Waals surface area contributed by atoms with Crippen molar-refractivity contribution in [1.82, 2.24) is 0 Å². The van der Waals surface area contributed by atoms with E-state index in [9.17, 15) is 9.90 Å². The van der Waals surface area contributed by atoms with E-state index in [4.69, 9.17) is 9.47 Å². The van der Waals surface area contributed by atoms with Crippen LogP contribution >= 0.6 is 0 Å². The maximum absolute atomic E-state index is 11.4. The zero-order valence-electron chi connectivity index (χ0n) is 11.4. The van der Waals surface area contributed by atoms with E-state index in [2.05, 4.69) is 4.90 Å². The van der Waals surface area contributed by atoms with Gasteiger partial charge in [-0.05, 0) is 26.0 Å². The molecule has 1 aromatic rings. The van der Waals surface area contributed by atoms with Crippen LogP contribution in [0.4, 0.5) is 5.69 Å². The van der Waals surface area contributed by atoms with E-state index < -0.39 is 5.97 Å². The summed E-state index contributed by atoms with van der Waals surface area (Å²) in [4.78, 5) is 13.4. The van der Waals surface area contributed by atoms with Gasteiger partial charge >= 0.3 is 5.97 Å². The highest BCUT2D eigenvalue weighted by molar-refractivity contribution is 5.95. The fourth-order valence-electron chi connectivity index (χ4n) is 2.30. The largest absolute Gasteiger partial charge is 0.497 e. The first kappa shape index (κ1) is 13.7. The molecule has 0 aromatic heterocycles. The van der Waals surface area contributed by atoms with Gasteiger partial charge in [0.1, 0.15) is 5.75 Å². The number of carboxylic acids is 1. The molecule has 2 rings (SSSR count). The maximum Gasteiger partial charge on any atom is 0.337 e. The Hall–Kier alpha value is -1.75. The molecule has 2 atom stereocenters. The summed E-state index contributed by atoms with van der Waals surface area (Å²) in [6, 6.07) is 5.17. The standard InChI is InChI=1S/C14H19NO4/c1-9-8-19-10(2)7-15(9)13-6-11(18-3)4-5-12(13)14(16)17/h4-6,9-10H,7-8H2,1-3H3,(H,16,17). The van der Waals surface area contributed by atoms with E-state index in [1.807, 2.05) is 13.8 Å². The van der Waals surface area contributed by atoms with Crippen molar-refractivity contribution in [3.63, 3.8) is 0 Å². The van der Waals surface area contributed by atoms with Crippen LogP contribution in [-0.2, 0) is 4.74 Å². The highest BCUT2D eigenvalue weighted by atomic mass is 16.5. The minimum Gasteiger partial charge on any atom is -0.497 e. The molecule has 1 aliphatic rings. The molecular weight excluding hydrogens is 246 g/mol. The molecule has 0 saturated carbocycles. The lowest BCUT2D eigenvalue weighted by Gasteiger charge is -2.39. The highest BCUT2D eigenvalue weighted by Crippen LogP contribution is 2.29. The van der Waals surface area contributed by atoms with Crippen LogP contribution in [0.2, 0.25) is 0 Å². The maximum atomic E-state index is 11.4. The molecule has 1 heterocycles. The minimum atomic E-state index is -0.927. The van der Waals surface area contributed by atoms with Crippen molar-refractivity contribution < 1.29 is 19.4 Å². The molecule has 0 bridgehead atoms. The number of benzene rings is 1. The molecule has 19 heavy (non-hydrogen) atoms. The van der Waals surface area contributed by atoms with Crippen molar-refractivity contribution in [3.05, 3.63) is 23.8 Å². The van der Waals surface area contributed by atoms with Gasteiger partial charge in [-0.1, -0.05) is 0 Å². The van der Waals surface area contributed by atoms with Crippen molar-refractivity contribution in [3.8, 4) is 5.75 Å². The molecule has 1 saturated heterocycles. The Balaban J connectivity index is 2.42. The van der Waals surface area contributed by atoms with Gasteiger partial charge in [0.05, 0.1) is 31.1 Å². The topological polar surface area (TPSA) is 59.0 Å². The fraction of sp³-hybridized carbons (Fsp3) is 0.500. The van der Waals surface area contributed by atoms with Crippen LogP contribution in [-0.4, -0.2) is 43.5 Å². The summed E-state index contributed by atoms with van der Waals surface area (Å²) >= 11 is 0. The van der Waals surface area contributed by atoms with Crippen LogP contribution in [0.25, 0.3) is 0 Å². The van der Waals surface area contributed by atoms with Crippen LogP contribution in [0.15, 0.2) is 18.2 Å². The Morgan fingerprint density at radius 1 is 1.47 bits per heavy atom. The summed E-state index contributed by atoms with van der Waals surface area (Å²) in [6.07, 6.45) is 0.0871. The average Bonchev–Trinajstić information content (AvgIpc) is 2.40. The molecular formula is C14H19NO4. The van der Waals surface area contributed by atoms with Gasteiger partial charge < -0.3 is 19.5 Å². The van der Waals surface area contributed by atoms with Gasteiger partial charge in [-0.25, -0.2) is 4.79 Å². The summed E-state index contributed by atoms with van der Waals surface area (Å²) < 4.78 is 10.8. The number of anilines is 1. The van der Waals surface area contributed by atoms with Crippen molar-refractivity contribution in [1.29, 1.82) is 0 Å². The molecule has 5 nitrogen and oxygen atoms in total. The summed E-state index contributed by atoms with van der Waals surface area (Å²) in [6.45, 7) is 5.28. The Morgan fingerprint density at radius 2 is 2.21 bits per heavy atom. The van der Waals surface area contributed by atoms with E-state index >= 15 is 0 Å². The Labute approximate surface area is 112 Å². The zero-order chi connectivity index (χ0) is 14.0. The molecule has 1 N–H and O–H groups in total. The van der Waals surface area contributed by atoms with Crippen molar-refractivity contribution in [2.24, 2.45) is 0 Å². The second kappa shape index (κ2) is 5.48. The summed E-state index contributed by atoms with van der Waals surface area (Å²) in [5.41, 5.74) is 0.983. The van der Waals surface area contributed by atoms with E-state index in [0.29, 0.717) is 30.2 Å². The van der Waals surface area contributed by atoms with Gasteiger partial charge in [-0.3, -0.25) is 0 Å². The molecule has 1 aromatic carbocycles. The number of ether oxygens (including phenoxy) is 2. The smallest absolute Gasteiger partial charge is 0.337 e. The monoisotopic (exact) mass is 265 g/mol. The summed E-state index contributed by atoms with van der Waals surface area (Å²) in [5, 5.41) is 9.31. The van der Waals surface area contributed by atoms with Gasteiger partial charge in [0.15, 0.2) is 0 Å². The summed E-state index contributed by atoms with van der Waals surface area (Å²) in [5.74, 6) is -0.268. The first-order valence-corrected chi connectivity index (χ1v) is 6.32. The minimum absolute atomic E-state index is 0.0871. The predicted octanol–water partition coefficient (Wildman–Crippen LogP) is 2.01. The third-order valence-corrected chi connectivity index (χ3v) is 3.35. The van der Waals surface area contributed by atoms with Gasteiger partial charge in [0.25, 0.3) is 0 Å². The SMILES string of the molecule is COc1ccc(C(=O)O)c(N2CC(C)OCC2C)c1. The number of rotatable bonds is 3. The van der Waals surface area contributed by atoms with Crippen LogP contribution in [0.1, 0.15) is 24.2 Å². The molecule has 0 spiro atoms. The lowest BCUT2D eigenvalue weighted by atomic mass is 10.1. The molecule has 1 aliphatic heterocycles. The quantitative estimate of drug-likeness (QED) is 0.906. The van der Waals surface area contributed by atoms with Gasteiger partial charge in [-0.15, -0.1) is 0 Å². The van der Waals surface area contributed by atoms with E-state index in [-0.39, 0.29) is 12.1 Å². The van der Waals surface area contributed by atoms with E-state index in [1.165, 1.54) is 0 Å². The zero-order valence-corrected chi connectivity index (χ0v) is 11.4. The first-order valence-electron chi connectivity index (χ1n) is 6.32. The predicted molar refractivity (Wildman–Crippen MR) is 72.2 cm³/mol.